The highest BCUT2D eigenvalue weighted by atomic mass is 16.1. The highest BCUT2D eigenvalue weighted by molar-refractivity contribution is 5.79. The molecule has 0 unspecified atom stereocenters. The second kappa shape index (κ2) is 10.1. The van der Waals surface area contributed by atoms with E-state index in [2.05, 4.69) is 58.4 Å². The van der Waals surface area contributed by atoms with Gasteiger partial charge in [-0.2, -0.15) is 0 Å². The van der Waals surface area contributed by atoms with E-state index < -0.39 is 0 Å². The van der Waals surface area contributed by atoms with E-state index in [1.54, 1.807) is 0 Å². The Morgan fingerprint density at radius 3 is 2.48 bits per heavy atom. The van der Waals surface area contributed by atoms with E-state index in [1.807, 2.05) is 37.3 Å². The van der Waals surface area contributed by atoms with Crippen LogP contribution in [0.4, 0.5) is 0 Å². The van der Waals surface area contributed by atoms with Gasteiger partial charge in [0, 0.05) is 19.5 Å². The van der Waals surface area contributed by atoms with Crippen molar-refractivity contribution in [2.75, 3.05) is 6.54 Å². The minimum Gasteiger partial charge on any atom is -0.356 e. The molecule has 4 aromatic rings. The van der Waals surface area contributed by atoms with Crippen LogP contribution >= 0.6 is 0 Å². The third-order valence-electron chi connectivity index (χ3n) is 5.71. The van der Waals surface area contributed by atoms with Crippen molar-refractivity contribution < 1.29 is 4.79 Å². The molecule has 0 atom stereocenters. The van der Waals surface area contributed by atoms with E-state index in [0.29, 0.717) is 13.0 Å². The molecule has 1 aromatic heterocycles. The summed E-state index contributed by atoms with van der Waals surface area (Å²) in [5.74, 6) is 1.16. The number of hydrogen-bond donors (Lipinski definition) is 1. The van der Waals surface area contributed by atoms with Crippen LogP contribution < -0.4 is 5.32 Å². The lowest BCUT2D eigenvalue weighted by molar-refractivity contribution is -0.120. The number of imidazole rings is 1. The third-order valence-corrected chi connectivity index (χ3v) is 5.71. The number of amides is 1. The van der Waals surface area contributed by atoms with Crippen molar-refractivity contribution in [2.24, 2.45) is 0 Å². The topological polar surface area (TPSA) is 46.9 Å². The normalized spacial score (nSPS) is 11.0. The van der Waals surface area contributed by atoms with E-state index >= 15 is 0 Å². The smallest absolute Gasteiger partial charge is 0.224 e. The van der Waals surface area contributed by atoms with Gasteiger partial charge in [0.1, 0.15) is 5.82 Å². The zero-order valence-corrected chi connectivity index (χ0v) is 18.1. The molecule has 1 N–H and O–H groups in total. The van der Waals surface area contributed by atoms with Crippen molar-refractivity contribution in [3.8, 4) is 0 Å². The molecule has 0 radical (unpaired) electrons. The molecular formula is C27H29N3O. The van der Waals surface area contributed by atoms with Crippen molar-refractivity contribution in [3.05, 3.63) is 101 Å². The van der Waals surface area contributed by atoms with Crippen LogP contribution in [0.2, 0.25) is 0 Å². The minimum atomic E-state index is 0.0758. The standard InChI is InChI=1S/C27H29N3O/c1-21-10-5-6-13-23(21)20-27(31)28-18-9-16-26-29-24-14-7-8-15-25(24)30(26)19-17-22-11-3-2-4-12-22/h2-8,10-15H,9,16-20H2,1H3,(H,28,31). The lowest BCUT2D eigenvalue weighted by atomic mass is 10.1. The molecule has 4 heteroatoms. The maximum atomic E-state index is 12.3. The summed E-state index contributed by atoms with van der Waals surface area (Å²) in [4.78, 5) is 17.2. The number of aromatic nitrogens is 2. The molecular weight excluding hydrogens is 382 g/mol. The van der Waals surface area contributed by atoms with Gasteiger partial charge in [-0.1, -0.05) is 66.7 Å². The van der Waals surface area contributed by atoms with Crippen molar-refractivity contribution in [1.29, 1.82) is 0 Å². The van der Waals surface area contributed by atoms with E-state index in [1.165, 1.54) is 11.1 Å². The first-order valence-corrected chi connectivity index (χ1v) is 11.0. The van der Waals surface area contributed by atoms with Crippen molar-refractivity contribution >= 4 is 16.9 Å². The molecule has 1 amide bonds. The minimum absolute atomic E-state index is 0.0758. The molecule has 4 rings (SSSR count). The second-order valence-electron chi connectivity index (χ2n) is 7.96. The molecule has 0 fully saturated rings. The number of benzene rings is 3. The lowest BCUT2D eigenvalue weighted by Gasteiger charge is -2.10. The van der Waals surface area contributed by atoms with Gasteiger partial charge < -0.3 is 9.88 Å². The van der Waals surface area contributed by atoms with Crippen molar-refractivity contribution in [2.45, 2.75) is 39.2 Å². The van der Waals surface area contributed by atoms with Gasteiger partial charge in [0.05, 0.1) is 17.5 Å². The van der Waals surface area contributed by atoms with Gasteiger partial charge in [-0.15, -0.1) is 0 Å². The number of carbonyl (C=O) groups excluding carboxylic acids is 1. The molecule has 0 bridgehead atoms. The molecule has 0 saturated carbocycles. The molecule has 158 valence electrons. The van der Waals surface area contributed by atoms with Gasteiger partial charge in [-0.05, 0) is 48.6 Å². The monoisotopic (exact) mass is 411 g/mol. The van der Waals surface area contributed by atoms with Gasteiger partial charge in [0.25, 0.3) is 0 Å². The first-order valence-electron chi connectivity index (χ1n) is 11.0. The fourth-order valence-corrected chi connectivity index (χ4v) is 3.97. The Kier molecular flexibility index (Phi) is 6.78. The Hall–Kier alpha value is -3.40. The number of nitrogens with zero attached hydrogens (tertiary/aromatic N) is 2. The fourth-order valence-electron chi connectivity index (χ4n) is 3.97. The molecule has 1 heterocycles. The summed E-state index contributed by atoms with van der Waals surface area (Å²) in [5, 5.41) is 3.06. The van der Waals surface area contributed by atoms with Crippen LogP contribution in [0, 0.1) is 6.92 Å². The first-order chi connectivity index (χ1) is 15.2. The Bertz CT molecular complexity index is 1150. The third kappa shape index (κ3) is 5.40. The van der Waals surface area contributed by atoms with E-state index in [0.717, 1.165) is 48.3 Å². The molecule has 0 spiro atoms. The van der Waals surface area contributed by atoms with Gasteiger partial charge in [0.15, 0.2) is 0 Å². The van der Waals surface area contributed by atoms with Gasteiger partial charge >= 0.3 is 0 Å². The molecule has 4 nitrogen and oxygen atoms in total. The largest absolute Gasteiger partial charge is 0.356 e. The molecule has 0 saturated heterocycles. The Morgan fingerprint density at radius 2 is 1.65 bits per heavy atom. The summed E-state index contributed by atoms with van der Waals surface area (Å²) in [5.41, 5.74) is 5.79. The lowest BCUT2D eigenvalue weighted by Crippen LogP contribution is -2.26. The SMILES string of the molecule is Cc1ccccc1CC(=O)NCCCc1nc2ccccc2n1CCc1ccccc1. The average molecular weight is 412 g/mol. The van der Waals surface area contributed by atoms with E-state index in [9.17, 15) is 4.79 Å². The highest BCUT2D eigenvalue weighted by Crippen LogP contribution is 2.18. The van der Waals surface area contributed by atoms with Crippen LogP contribution in [0.25, 0.3) is 11.0 Å². The predicted molar refractivity (Wildman–Crippen MR) is 126 cm³/mol. The van der Waals surface area contributed by atoms with Crippen LogP contribution in [0.15, 0.2) is 78.9 Å². The first kappa shape index (κ1) is 20.9. The van der Waals surface area contributed by atoms with Gasteiger partial charge in [0.2, 0.25) is 5.91 Å². The summed E-state index contributed by atoms with van der Waals surface area (Å²) in [7, 11) is 0. The number of fused-ring (bicyclic) bond motifs is 1. The van der Waals surface area contributed by atoms with Crippen LogP contribution in [-0.2, 0) is 30.6 Å². The average Bonchev–Trinajstić information content (AvgIpc) is 3.15. The van der Waals surface area contributed by atoms with Crippen LogP contribution in [0.1, 0.15) is 28.9 Å². The highest BCUT2D eigenvalue weighted by Gasteiger charge is 2.11. The molecule has 31 heavy (non-hydrogen) atoms. The van der Waals surface area contributed by atoms with Gasteiger partial charge in [-0.3, -0.25) is 4.79 Å². The number of rotatable bonds is 9. The molecule has 3 aromatic carbocycles. The summed E-state index contributed by atoms with van der Waals surface area (Å²) >= 11 is 0. The second-order valence-corrected chi connectivity index (χ2v) is 7.96. The van der Waals surface area contributed by atoms with Crippen molar-refractivity contribution in [3.63, 3.8) is 0 Å². The Balaban J connectivity index is 1.35. The summed E-state index contributed by atoms with van der Waals surface area (Å²) in [6, 6.07) is 26.9. The van der Waals surface area contributed by atoms with E-state index in [-0.39, 0.29) is 5.91 Å². The zero-order valence-electron chi connectivity index (χ0n) is 18.1. The van der Waals surface area contributed by atoms with Gasteiger partial charge in [-0.25, -0.2) is 4.98 Å². The molecule has 0 aliphatic carbocycles. The summed E-state index contributed by atoms with van der Waals surface area (Å²) < 4.78 is 2.33. The maximum Gasteiger partial charge on any atom is 0.224 e. The number of nitrogens with one attached hydrogen (secondary N) is 1. The zero-order chi connectivity index (χ0) is 21.5. The van der Waals surface area contributed by atoms with Crippen LogP contribution in [0.5, 0.6) is 0 Å². The molecule has 0 aliphatic heterocycles. The number of hydrogen-bond acceptors (Lipinski definition) is 2. The summed E-state index contributed by atoms with van der Waals surface area (Å²) in [6.07, 6.45) is 3.12. The quantitative estimate of drug-likeness (QED) is 0.399. The number of para-hydroxylation sites is 2. The Labute approximate surface area is 183 Å². The maximum absolute atomic E-state index is 12.3. The number of aryl methyl sites for hydroxylation is 4. The van der Waals surface area contributed by atoms with Crippen LogP contribution in [0.3, 0.4) is 0 Å². The number of carbonyl (C=O) groups is 1. The predicted octanol–water partition coefficient (Wildman–Crippen LogP) is 4.88. The van der Waals surface area contributed by atoms with Crippen molar-refractivity contribution in [1.82, 2.24) is 14.9 Å². The molecule has 0 aliphatic rings. The Morgan fingerprint density at radius 1 is 0.903 bits per heavy atom. The van der Waals surface area contributed by atoms with E-state index in [4.69, 9.17) is 4.98 Å². The fraction of sp³-hybridized carbons (Fsp3) is 0.259. The van der Waals surface area contributed by atoms with Crippen LogP contribution in [-0.4, -0.2) is 22.0 Å². The summed E-state index contributed by atoms with van der Waals surface area (Å²) in [6.45, 7) is 3.61.